The lowest BCUT2D eigenvalue weighted by Gasteiger charge is -2.34. The molecule has 0 amide bonds. The van der Waals surface area contributed by atoms with Gasteiger partial charge in [0.1, 0.15) is 9.84 Å². The van der Waals surface area contributed by atoms with Crippen LogP contribution in [0.2, 0.25) is 0 Å². The van der Waals surface area contributed by atoms with Crippen LogP contribution < -0.4 is 5.32 Å². The fraction of sp³-hybridized carbons (Fsp3) is 1.00. The number of piperidine rings is 1. The highest BCUT2D eigenvalue weighted by molar-refractivity contribution is 7.91. The Hall–Kier alpha value is -0.180. The highest BCUT2D eigenvalue weighted by Crippen LogP contribution is 2.18. The van der Waals surface area contributed by atoms with Gasteiger partial charge in [-0.2, -0.15) is 0 Å². The fourth-order valence-corrected chi connectivity index (χ4v) is 5.50. The molecule has 0 unspecified atom stereocenters. The summed E-state index contributed by atoms with van der Waals surface area (Å²) in [6, 6.07) is 0.571. The Morgan fingerprint density at radius 3 is 2.05 bits per heavy atom. The molecular formula is C12H24N2O4S2. The molecule has 118 valence electrons. The second-order valence-electron chi connectivity index (χ2n) is 5.67. The summed E-state index contributed by atoms with van der Waals surface area (Å²) in [4.78, 5) is 0. The van der Waals surface area contributed by atoms with E-state index in [1.165, 1.54) is 0 Å². The van der Waals surface area contributed by atoms with Gasteiger partial charge in [0, 0.05) is 25.2 Å². The van der Waals surface area contributed by atoms with Gasteiger partial charge in [0.05, 0.1) is 17.3 Å². The first-order valence-corrected chi connectivity index (χ1v) is 10.7. The van der Waals surface area contributed by atoms with E-state index in [1.54, 1.807) is 11.2 Å². The first-order valence-electron chi connectivity index (χ1n) is 7.27. The summed E-state index contributed by atoms with van der Waals surface area (Å²) in [5, 5.41) is 3.50. The van der Waals surface area contributed by atoms with Crippen LogP contribution in [0.5, 0.6) is 0 Å². The molecule has 0 aromatic rings. The van der Waals surface area contributed by atoms with Crippen LogP contribution in [0, 0.1) is 0 Å². The van der Waals surface area contributed by atoms with Gasteiger partial charge in [-0.15, -0.1) is 0 Å². The van der Waals surface area contributed by atoms with Crippen molar-refractivity contribution in [3.05, 3.63) is 0 Å². The predicted octanol–water partition coefficient (Wildman–Crippen LogP) is -0.0327. The minimum absolute atomic E-state index is 0.158. The zero-order valence-electron chi connectivity index (χ0n) is 11.9. The molecule has 8 heteroatoms. The van der Waals surface area contributed by atoms with Crippen molar-refractivity contribution in [2.75, 3.05) is 30.3 Å². The number of nitrogens with zero attached hydrogens (tertiary/aromatic N) is 1. The molecule has 0 aliphatic carbocycles. The Bertz CT molecular complexity index is 508. The summed E-state index contributed by atoms with van der Waals surface area (Å²) in [5.41, 5.74) is 0. The van der Waals surface area contributed by atoms with Gasteiger partial charge in [-0.1, -0.05) is 0 Å². The van der Waals surface area contributed by atoms with E-state index in [1.807, 2.05) is 0 Å². The lowest BCUT2D eigenvalue weighted by molar-refractivity contribution is 0.267. The quantitative estimate of drug-likeness (QED) is 0.785. The molecule has 0 spiro atoms. The van der Waals surface area contributed by atoms with Gasteiger partial charge in [0.2, 0.25) is 10.0 Å². The van der Waals surface area contributed by atoms with Gasteiger partial charge < -0.3 is 5.32 Å². The molecule has 20 heavy (non-hydrogen) atoms. The van der Waals surface area contributed by atoms with Crippen molar-refractivity contribution in [3.63, 3.8) is 0 Å². The van der Waals surface area contributed by atoms with Crippen LogP contribution in [-0.4, -0.2) is 63.6 Å². The number of hydrogen-bond donors (Lipinski definition) is 1. The minimum atomic E-state index is -3.07. The first kappa shape index (κ1) is 16.2. The standard InChI is InChI=1S/C12H24N2O4S2/c1-2-20(17,18)14-7-3-11(4-8-14)13-12-5-9-19(15,16)10-6-12/h11-13H,2-10H2,1H3. The summed E-state index contributed by atoms with van der Waals surface area (Å²) in [5.74, 6) is 0.701. The van der Waals surface area contributed by atoms with Crippen LogP contribution in [-0.2, 0) is 19.9 Å². The zero-order valence-corrected chi connectivity index (χ0v) is 13.5. The maximum absolute atomic E-state index is 11.8. The Kier molecular flexibility index (Phi) is 5.09. The van der Waals surface area contributed by atoms with E-state index in [9.17, 15) is 16.8 Å². The molecule has 2 aliphatic rings. The maximum atomic E-state index is 11.8. The molecule has 2 fully saturated rings. The largest absolute Gasteiger partial charge is 0.311 e. The molecule has 2 heterocycles. The van der Waals surface area contributed by atoms with Gasteiger partial charge in [0.25, 0.3) is 0 Å². The fourth-order valence-electron chi connectivity index (χ4n) is 2.87. The smallest absolute Gasteiger partial charge is 0.213 e. The maximum Gasteiger partial charge on any atom is 0.213 e. The molecule has 2 saturated heterocycles. The molecule has 0 atom stereocenters. The van der Waals surface area contributed by atoms with Crippen molar-refractivity contribution in [2.45, 2.75) is 44.7 Å². The van der Waals surface area contributed by atoms with E-state index in [4.69, 9.17) is 0 Å². The number of sulfone groups is 1. The van der Waals surface area contributed by atoms with Crippen LogP contribution in [0.1, 0.15) is 32.6 Å². The molecule has 2 rings (SSSR count). The second-order valence-corrected chi connectivity index (χ2v) is 10.2. The van der Waals surface area contributed by atoms with Crippen LogP contribution in [0.25, 0.3) is 0 Å². The van der Waals surface area contributed by atoms with Gasteiger partial charge >= 0.3 is 0 Å². The van der Waals surface area contributed by atoms with E-state index in [-0.39, 0.29) is 23.3 Å². The average molecular weight is 324 g/mol. The van der Waals surface area contributed by atoms with Crippen LogP contribution in [0.3, 0.4) is 0 Å². The summed E-state index contributed by atoms with van der Waals surface area (Å²) >= 11 is 0. The average Bonchev–Trinajstić information content (AvgIpc) is 2.42. The van der Waals surface area contributed by atoms with Crippen molar-refractivity contribution < 1.29 is 16.8 Å². The molecule has 0 radical (unpaired) electrons. The van der Waals surface area contributed by atoms with E-state index in [2.05, 4.69) is 5.32 Å². The van der Waals surface area contributed by atoms with Crippen molar-refractivity contribution >= 4 is 19.9 Å². The molecule has 0 bridgehead atoms. The Balaban J connectivity index is 1.78. The van der Waals surface area contributed by atoms with E-state index >= 15 is 0 Å². The van der Waals surface area contributed by atoms with Crippen LogP contribution >= 0.6 is 0 Å². The predicted molar refractivity (Wildman–Crippen MR) is 78.9 cm³/mol. The molecular weight excluding hydrogens is 300 g/mol. The van der Waals surface area contributed by atoms with Gasteiger partial charge in [-0.05, 0) is 32.6 Å². The number of rotatable bonds is 4. The molecule has 1 N–H and O–H groups in total. The zero-order chi connectivity index (χ0) is 14.8. The SMILES string of the molecule is CCS(=O)(=O)N1CCC(NC2CCS(=O)(=O)CC2)CC1. The summed E-state index contributed by atoms with van der Waals surface area (Å²) in [6.45, 7) is 2.81. The Morgan fingerprint density at radius 1 is 1.05 bits per heavy atom. The highest BCUT2D eigenvalue weighted by atomic mass is 32.2. The van der Waals surface area contributed by atoms with Crippen molar-refractivity contribution in [2.24, 2.45) is 0 Å². The topological polar surface area (TPSA) is 83.6 Å². The monoisotopic (exact) mass is 324 g/mol. The van der Waals surface area contributed by atoms with Crippen molar-refractivity contribution in [3.8, 4) is 0 Å². The third kappa shape index (κ3) is 4.16. The van der Waals surface area contributed by atoms with Crippen molar-refractivity contribution in [1.29, 1.82) is 0 Å². The van der Waals surface area contributed by atoms with E-state index < -0.39 is 19.9 Å². The first-order chi connectivity index (χ1) is 9.32. The lowest BCUT2D eigenvalue weighted by Crippen LogP contribution is -2.49. The van der Waals surface area contributed by atoms with E-state index in [0.29, 0.717) is 32.0 Å². The minimum Gasteiger partial charge on any atom is -0.311 e. The molecule has 6 nitrogen and oxygen atoms in total. The number of sulfonamides is 1. The summed E-state index contributed by atoms with van der Waals surface area (Å²) in [6.07, 6.45) is 2.97. The van der Waals surface area contributed by atoms with Gasteiger partial charge in [0.15, 0.2) is 0 Å². The van der Waals surface area contributed by atoms with Crippen molar-refractivity contribution in [1.82, 2.24) is 9.62 Å². The summed E-state index contributed by atoms with van der Waals surface area (Å²) < 4.78 is 47.8. The third-order valence-corrected chi connectivity index (χ3v) is 7.84. The Labute approximate surface area is 121 Å². The molecule has 0 saturated carbocycles. The highest BCUT2D eigenvalue weighted by Gasteiger charge is 2.29. The molecule has 0 aromatic heterocycles. The number of hydrogen-bond acceptors (Lipinski definition) is 5. The van der Waals surface area contributed by atoms with Crippen LogP contribution in [0.4, 0.5) is 0 Å². The van der Waals surface area contributed by atoms with E-state index in [0.717, 1.165) is 12.8 Å². The van der Waals surface area contributed by atoms with Gasteiger partial charge in [-0.3, -0.25) is 0 Å². The second kappa shape index (κ2) is 6.29. The van der Waals surface area contributed by atoms with Crippen LogP contribution in [0.15, 0.2) is 0 Å². The lowest BCUT2D eigenvalue weighted by atomic mass is 10.0. The van der Waals surface area contributed by atoms with Gasteiger partial charge in [-0.25, -0.2) is 21.1 Å². The normalized spacial score (nSPS) is 26.6. The number of nitrogens with one attached hydrogen (secondary N) is 1. The molecule has 0 aromatic carbocycles. The Morgan fingerprint density at radius 2 is 1.55 bits per heavy atom. The summed E-state index contributed by atoms with van der Waals surface area (Å²) in [7, 11) is -5.88. The molecule has 2 aliphatic heterocycles. The third-order valence-electron chi connectivity index (χ3n) is 4.24.